The highest BCUT2D eigenvalue weighted by atomic mass is 32.2. The molecule has 0 aliphatic carbocycles. The standard InChI is InChI=1S/C15H17FN2O2S/c1-10-8-9-13(17)15(11(10)2)21(19,20)18(3)14-7-5-4-6-12(14)16/h4-9H,17H2,1-3H3. The number of sulfonamides is 1. The third-order valence-corrected chi connectivity index (χ3v) is 5.49. The van der Waals surface area contributed by atoms with Gasteiger partial charge in [-0.1, -0.05) is 18.2 Å². The molecule has 21 heavy (non-hydrogen) atoms. The number of nitrogen functional groups attached to an aromatic ring is 1. The van der Waals surface area contributed by atoms with Crippen molar-refractivity contribution in [3.8, 4) is 0 Å². The van der Waals surface area contributed by atoms with E-state index in [1.807, 2.05) is 0 Å². The van der Waals surface area contributed by atoms with Crippen LogP contribution in [0.1, 0.15) is 11.1 Å². The molecule has 2 rings (SSSR count). The van der Waals surface area contributed by atoms with Crippen molar-refractivity contribution in [3.63, 3.8) is 0 Å². The molecular formula is C15H17FN2O2S. The number of rotatable bonds is 3. The van der Waals surface area contributed by atoms with E-state index in [0.717, 1.165) is 9.87 Å². The van der Waals surface area contributed by atoms with Crippen LogP contribution in [0.3, 0.4) is 0 Å². The largest absolute Gasteiger partial charge is 0.398 e. The van der Waals surface area contributed by atoms with Gasteiger partial charge >= 0.3 is 0 Å². The van der Waals surface area contributed by atoms with Crippen LogP contribution in [0.15, 0.2) is 41.3 Å². The van der Waals surface area contributed by atoms with Crippen LogP contribution in [0.2, 0.25) is 0 Å². The molecule has 0 radical (unpaired) electrons. The van der Waals surface area contributed by atoms with Crippen LogP contribution in [-0.4, -0.2) is 15.5 Å². The normalized spacial score (nSPS) is 11.4. The number of aryl methyl sites for hydroxylation is 1. The van der Waals surface area contributed by atoms with Gasteiger partial charge < -0.3 is 5.73 Å². The van der Waals surface area contributed by atoms with Crippen LogP contribution in [-0.2, 0) is 10.0 Å². The smallest absolute Gasteiger partial charge is 0.266 e. The zero-order valence-corrected chi connectivity index (χ0v) is 12.9. The van der Waals surface area contributed by atoms with Crippen molar-refractivity contribution in [3.05, 3.63) is 53.3 Å². The van der Waals surface area contributed by atoms with Crippen molar-refractivity contribution < 1.29 is 12.8 Å². The van der Waals surface area contributed by atoms with Gasteiger partial charge in [0.05, 0.1) is 11.4 Å². The minimum absolute atomic E-state index is 0.0159. The van der Waals surface area contributed by atoms with Gasteiger partial charge in [-0.15, -0.1) is 0 Å². The summed E-state index contributed by atoms with van der Waals surface area (Å²) in [6.45, 7) is 3.49. The molecule has 0 aliphatic heterocycles. The van der Waals surface area contributed by atoms with E-state index in [1.165, 1.54) is 25.2 Å². The van der Waals surface area contributed by atoms with E-state index in [2.05, 4.69) is 0 Å². The highest BCUT2D eigenvalue weighted by Crippen LogP contribution is 2.31. The van der Waals surface area contributed by atoms with Crippen LogP contribution >= 0.6 is 0 Å². The molecule has 0 atom stereocenters. The molecular weight excluding hydrogens is 291 g/mol. The van der Waals surface area contributed by atoms with E-state index < -0.39 is 15.8 Å². The lowest BCUT2D eigenvalue weighted by molar-refractivity contribution is 0.589. The molecule has 2 aromatic carbocycles. The topological polar surface area (TPSA) is 63.4 Å². The molecule has 0 aliphatic rings. The molecule has 0 spiro atoms. The van der Waals surface area contributed by atoms with Gasteiger partial charge in [0, 0.05) is 7.05 Å². The number of hydrogen-bond acceptors (Lipinski definition) is 3. The van der Waals surface area contributed by atoms with Crippen molar-refractivity contribution >= 4 is 21.4 Å². The molecule has 0 unspecified atom stereocenters. The number of halogens is 1. The fourth-order valence-electron chi connectivity index (χ4n) is 2.13. The summed E-state index contributed by atoms with van der Waals surface area (Å²) in [5.74, 6) is -0.604. The van der Waals surface area contributed by atoms with Crippen LogP contribution in [0.5, 0.6) is 0 Å². The highest BCUT2D eigenvalue weighted by Gasteiger charge is 2.27. The van der Waals surface area contributed by atoms with Crippen molar-refractivity contribution in [2.24, 2.45) is 0 Å². The molecule has 4 nitrogen and oxygen atoms in total. The Bertz CT molecular complexity index is 788. The number of para-hydroxylation sites is 1. The van der Waals surface area contributed by atoms with Crippen LogP contribution in [0.4, 0.5) is 15.8 Å². The lowest BCUT2D eigenvalue weighted by Gasteiger charge is -2.22. The van der Waals surface area contributed by atoms with Crippen LogP contribution in [0.25, 0.3) is 0 Å². The Morgan fingerprint density at radius 2 is 1.71 bits per heavy atom. The molecule has 0 fully saturated rings. The van der Waals surface area contributed by atoms with Gasteiger partial charge in [-0.25, -0.2) is 12.8 Å². The van der Waals surface area contributed by atoms with E-state index in [-0.39, 0.29) is 16.3 Å². The van der Waals surface area contributed by atoms with Gasteiger partial charge in [0.2, 0.25) is 0 Å². The highest BCUT2D eigenvalue weighted by molar-refractivity contribution is 7.93. The number of nitrogens with zero attached hydrogens (tertiary/aromatic N) is 1. The summed E-state index contributed by atoms with van der Waals surface area (Å²) in [7, 11) is -2.62. The lowest BCUT2D eigenvalue weighted by Crippen LogP contribution is -2.29. The number of benzene rings is 2. The van der Waals surface area contributed by atoms with Crippen molar-refractivity contribution in [2.45, 2.75) is 18.7 Å². The Hall–Kier alpha value is -2.08. The monoisotopic (exact) mass is 308 g/mol. The predicted octanol–water partition coefficient (Wildman–Crippen LogP) is 2.85. The first-order valence-corrected chi connectivity index (χ1v) is 7.80. The summed E-state index contributed by atoms with van der Waals surface area (Å²) in [5, 5.41) is 0. The molecule has 0 aromatic heterocycles. The number of anilines is 2. The first kappa shape index (κ1) is 15.3. The molecule has 2 aromatic rings. The Morgan fingerprint density at radius 1 is 1.10 bits per heavy atom. The van der Waals surface area contributed by atoms with E-state index in [1.54, 1.807) is 32.0 Å². The molecule has 6 heteroatoms. The van der Waals surface area contributed by atoms with Gasteiger partial charge in [-0.2, -0.15) is 0 Å². The van der Waals surface area contributed by atoms with Crippen molar-refractivity contribution in [1.29, 1.82) is 0 Å². The quantitative estimate of drug-likeness (QED) is 0.887. The maximum atomic E-state index is 13.8. The molecule has 2 N–H and O–H groups in total. The molecule has 0 bridgehead atoms. The molecule has 0 heterocycles. The summed E-state index contributed by atoms with van der Waals surface area (Å²) >= 11 is 0. The van der Waals surface area contributed by atoms with Gasteiger partial charge in [-0.05, 0) is 43.2 Å². The zero-order chi connectivity index (χ0) is 15.8. The average Bonchev–Trinajstić information content (AvgIpc) is 2.43. The Labute approximate surface area is 124 Å². The SMILES string of the molecule is Cc1ccc(N)c(S(=O)(=O)N(C)c2ccccc2F)c1C. The van der Waals surface area contributed by atoms with Crippen molar-refractivity contribution in [1.82, 2.24) is 0 Å². The van der Waals surface area contributed by atoms with Gasteiger partial charge in [0.25, 0.3) is 10.0 Å². The average molecular weight is 308 g/mol. The first-order valence-electron chi connectivity index (χ1n) is 6.36. The van der Waals surface area contributed by atoms with Crippen LogP contribution in [0, 0.1) is 19.7 Å². The van der Waals surface area contributed by atoms with Gasteiger partial charge in [0.1, 0.15) is 10.7 Å². The summed E-state index contributed by atoms with van der Waals surface area (Å²) in [6.07, 6.45) is 0. The molecule has 0 saturated heterocycles. The molecule has 112 valence electrons. The van der Waals surface area contributed by atoms with Gasteiger partial charge in [-0.3, -0.25) is 4.31 Å². The Kier molecular flexibility index (Phi) is 3.91. The second-order valence-electron chi connectivity index (χ2n) is 4.85. The van der Waals surface area contributed by atoms with Crippen LogP contribution < -0.4 is 10.0 Å². The maximum Gasteiger partial charge on any atom is 0.266 e. The number of hydrogen-bond donors (Lipinski definition) is 1. The van der Waals surface area contributed by atoms with Crippen molar-refractivity contribution in [2.75, 3.05) is 17.1 Å². The minimum atomic E-state index is -3.93. The zero-order valence-electron chi connectivity index (χ0n) is 12.1. The third kappa shape index (κ3) is 2.58. The summed E-state index contributed by atoms with van der Waals surface area (Å²) in [5.41, 5.74) is 7.35. The second-order valence-corrected chi connectivity index (χ2v) is 6.76. The molecule has 0 amide bonds. The fraction of sp³-hybridized carbons (Fsp3) is 0.200. The lowest BCUT2D eigenvalue weighted by atomic mass is 10.1. The van der Waals surface area contributed by atoms with Gasteiger partial charge in [0.15, 0.2) is 0 Å². The summed E-state index contributed by atoms with van der Waals surface area (Å²) in [6, 6.07) is 9.02. The number of nitrogens with two attached hydrogens (primary N) is 1. The predicted molar refractivity (Wildman–Crippen MR) is 82.3 cm³/mol. The maximum absolute atomic E-state index is 13.8. The van der Waals surface area contributed by atoms with E-state index in [4.69, 9.17) is 5.73 Å². The molecule has 0 saturated carbocycles. The van der Waals surface area contributed by atoms with E-state index in [9.17, 15) is 12.8 Å². The third-order valence-electron chi connectivity index (χ3n) is 3.52. The fourth-order valence-corrected chi connectivity index (χ4v) is 3.72. The Balaban J connectivity index is 2.64. The van der Waals surface area contributed by atoms with E-state index in [0.29, 0.717) is 5.56 Å². The summed E-state index contributed by atoms with van der Waals surface area (Å²) in [4.78, 5) is 0.0215. The summed E-state index contributed by atoms with van der Waals surface area (Å²) < 4.78 is 40.3. The minimum Gasteiger partial charge on any atom is -0.398 e. The Morgan fingerprint density at radius 3 is 2.33 bits per heavy atom. The van der Waals surface area contributed by atoms with E-state index >= 15 is 0 Å². The first-order chi connectivity index (χ1) is 9.76. The second kappa shape index (κ2) is 5.37.